The molecule has 0 aliphatic carbocycles. The zero-order valence-electron chi connectivity index (χ0n) is 20.2. The predicted molar refractivity (Wildman–Crippen MR) is 127 cm³/mol. The van der Waals surface area contributed by atoms with Crippen molar-refractivity contribution in [2.24, 2.45) is 11.3 Å². The molecule has 33 heavy (non-hydrogen) atoms. The van der Waals surface area contributed by atoms with Crippen LogP contribution in [0, 0.1) is 18.3 Å². The summed E-state index contributed by atoms with van der Waals surface area (Å²) >= 11 is 1.56. The van der Waals surface area contributed by atoms with Crippen LogP contribution in [0.15, 0.2) is 11.0 Å². The first-order valence-corrected chi connectivity index (χ1v) is 12.7. The van der Waals surface area contributed by atoms with Crippen LogP contribution in [0.2, 0.25) is 0 Å². The summed E-state index contributed by atoms with van der Waals surface area (Å²) in [6, 6.07) is 0. The molecule has 2 aliphatic heterocycles. The number of carbonyl (C=O) groups excluding carboxylic acids is 2. The zero-order chi connectivity index (χ0) is 24.3. The van der Waals surface area contributed by atoms with E-state index in [0.29, 0.717) is 12.8 Å². The molecular formula is C25H37NO6S. The van der Waals surface area contributed by atoms with E-state index < -0.39 is 35.6 Å². The fourth-order valence-corrected chi connectivity index (χ4v) is 5.02. The van der Waals surface area contributed by atoms with Crippen molar-refractivity contribution < 1.29 is 29.3 Å². The second kappa shape index (κ2) is 10.8. The maximum absolute atomic E-state index is 13.0. The lowest BCUT2D eigenvalue weighted by Crippen LogP contribution is -2.44. The number of esters is 1. The molecule has 0 amide bonds. The smallest absolute Gasteiger partial charge is 0.309 e. The summed E-state index contributed by atoms with van der Waals surface area (Å²) in [5.74, 6) is -1.43. The number of ketones is 1. The molecule has 0 radical (unpaired) electrons. The van der Waals surface area contributed by atoms with Crippen molar-refractivity contribution >= 4 is 29.2 Å². The molecule has 0 bridgehead atoms. The molecular weight excluding hydrogens is 442 g/mol. The van der Waals surface area contributed by atoms with Gasteiger partial charge in [-0.1, -0.05) is 33.6 Å². The number of fused-ring (bicyclic) bond motifs is 1. The highest BCUT2D eigenvalue weighted by Crippen LogP contribution is 2.35. The Morgan fingerprint density at radius 1 is 1.21 bits per heavy atom. The van der Waals surface area contributed by atoms with Gasteiger partial charge in [-0.15, -0.1) is 11.3 Å². The SMILES string of the molecule is C/C(=C\c1csc(C)n1)[C@H]1C[C@@H]2O[C@@H]2CCCC[C@@H](O)[C@@H](C)C(=O)C(C)(C)[C@@H](O)CC(=O)O1. The molecule has 6 atom stereocenters. The lowest BCUT2D eigenvalue weighted by Gasteiger charge is -2.33. The Hall–Kier alpha value is -1.61. The number of epoxide rings is 1. The van der Waals surface area contributed by atoms with E-state index in [-0.39, 0.29) is 24.4 Å². The molecule has 0 aromatic carbocycles. The number of aliphatic hydroxyl groups is 2. The third kappa shape index (κ3) is 6.72. The van der Waals surface area contributed by atoms with Crippen molar-refractivity contribution in [1.29, 1.82) is 0 Å². The Morgan fingerprint density at radius 3 is 2.58 bits per heavy atom. The van der Waals surface area contributed by atoms with Gasteiger partial charge in [-0.3, -0.25) is 9.59 Å². The van der Waals surface area contributed by atoms with E-state index in [0.717, 1.165) is 35.5 Å². The van der Waals surface area contributed by atoms with Crippen LogP contribution in [-0.4, -0.2) is 57.5 Å². The molecule has 2 saturated heterocycles. The monoisotopic (exact) mass is 479 g/mol. The van der Waals surface area contributed by atoms with Crippen LogP contribution in [0.25, 0.3) is 6.08 Å². The van der Waals surface area contributed by atoms with Crippen molar-refractivity contribution in [3.63, 3.8) is 0 Å². The molecule has 3 heterocycles. The van der Waals surface area contributed by atoms with E-state index in [9.17, 15) is 19.8 Å². The zero-order valence-corrected chi connectivity index (χ0v) is 21.1. The number of thiazole rings is 1. The number of hydrogen-bond acceptors (Lipinski definition) is 8. The fourth-order valence-electron chi connectivity index (χ4n) is 4.45. The minimum Gasteiger partial charge on any atom is -0.458 e. The summed E-state index contributed by atoms with van der Waals surface area (Å²) in [6.07, 6.45) is 2.92. The summed E-state index contributed by atoms with van der Waals surface area (Å²) in [4.78, 5) is 30.3. The van der Waals surface area contributed by atoms with Crippen LogP contribution >= 0.6 is 11.3 Å². The highest BCUT2D eigenvalue weighted by atomic mass is 32.1. The largest absolute Gasteiger partial charge is 0.458 e. The molecule has 2 aliphatic rings. The maximum Gasteiger partial charge on any atom is 0.309 e. The van der Waals surface area contributed by atoms with Crippen LogP contribution in [0.4, 0.5) is 0 Å². The number of aliphatic hydroxyl groups excluding tert-OH is 2. The molecule has 1 aromatic heterocycles. The van der Waals surface area contributed by atoms with E-state index in [1.807, 2.05) is 25.3 Å². The number of aromatic nitrogens is 1. The molecule has 0 saturated carbocycles. The van der Waals surface area contributed by atoms with Crippen LogP contribution in [0.3, 0.4) is 0 Å². The van der Waals surface area contributed by atoms with Crippen molar-refractivity contribution in [3.05, 3.63) is 21.7 Å². The Labute approximate surface area is 200 Å². The molecule has 2 fully saturated rings. The minimum atomic E-state index is -1.21. The highest BCUT2D eigenvalue weighted by molar-refractivity contribution is 7.09. The van der Waals surface area contributed by atoms with Gasteiger partial charge in [-0.05, 0) is 38.3 Å². The van der Waals surface area contributed by atoms with E-state index >= 15 is 0 Å². The lowest BCUT2D eigenvalue weighted by molar-refractivity contribution is -0.154. The Balaban J connectivity index is 1.79. The quantitative estimate of drug-likeness (QED) is 0.490. The van der Waals surface area contributed by atoms with Crippen LogP contribution < -0.4 is 0 Å². The number of ether oxygens (including phenoxy) is 2. The van der Waals surface area contributed by atoms with E-state index in [4.69, 9.17) is 9.47 Å². The molecule has 8 heteroatoms. The molecule has 7 nitrogen and oxygen atoms in total. The Bertz CT molecular complexity index is 878. The average Bonchev–Trinajstić information content (AvgIpc) is 3.36. The summed E-state index contributed by atoms with van der Waals surface area (Å²) in [5, 5.41) is 24.2. The maximum atomic E-state index is 13.0. The van der Waals surface area contributed by atoms with Crippen molar-refractivity contribution in [2.45, 2.75) is 104 Å². The number of aryl methyl sites for hydroxylation is 1. The minimum absolute atomic E-state index is 0.0167. The molecule has 0 spiro atoms. The van der Waals surface area contributed by atoms with E-state index in [1.165, 1.54) is 0 Å². The summed E-state index contributed by atoms with van der Waals surface area (Å²) in [7, 11) is 0. The summed E-state index contributed by atoms with van der Waals surface area (Å²) in [6.45, 7) is 8.78. The standard InChI is InChI=1S/C25H37NO6S/c1-14(10-17-13-33-16(3)26-17)20-11-21-19(31-21)9-7-6-8-18(27)15(2)24(30)25(4,5)22(28)12-23(29)32-20/h10,13,15,18-22,27-28H,6-9,11-12H2,1-5H3/b14-10+/t15-,18-,19-,20-,21+,22+/m1/s1. The summed E-state index contributed by atoms with van der Waals surface area (Å²) in [5.41, 5.74) is 0.510. The number of rotatable bonds is 2. The van der Waals surface area contributed by atoms with E-state index in [1.54, 1.807) is 32.1 Å². The Kier molecular flexibility index (Phi) is 8.48. The van der Waals surface area contributed by atoms with Crippen LogP contribution in [0.1, 0.15) is 76.9 Å². The van der Waals surface area contributed by atoms with Gasteiger partial charge in [0.2, 0.25) is 0 Å². The van der Waals surface area contributed by atoms with Gasteiger partial charge in [0, 0.05) is 17.7 Å². The van der Waals surface area contributed by atoms with Gasteiger partial charge in [0.25, 0.3) is 0 Å². The average molecular weight is 480 g/mol. The van der Waals surface area contributed by atoms with Gasteiger partial charge in [-0.25, -0.2) is 4.98 Å². The first-order valence-electron chi connectivity index (χ1n) is 11.8. The highest BCUT2D eigenvalue weighted by Gasteiger charge is 2.43. The number of carbonyl (C=O) groups is 2. The summed E-state index contributed by atoms with van der Waals surface area (Å²) < 4.78 is 11.6. The number of cyclic esters (lactones) is 1. The van der Waals surface area contributed by atoms with E-state index in [2.05, 4.69) is 4.98 Å². The Morgan fingerprint density at radius 2 is 1.91 bits per heavy atom. The molecule has 3 rings (SSSR count). The molecule has 184 valence electrons. The molecule has 1 aromatic rings. The van der Waals surface area contributed by atoms with Gasteiger partial charge < -0.3 is 19.7 Å². The number of nitrogens with zero attached hydrogens (tertiary/aromatic N) is 1. The lowest BCUT2D eigenvalue weighted by atomic mass is 9.74. The second-order valence-corrected chi connectivity index (χ2v) is 11.1. The van der Waals surface area contributed by atoms with Crippen molar-refractivity contribution in [2.75, 3.05) is 0 Å². The topological polar surface area (TPSA) is 109 Å². The van der Waals surface area contributed by atoms with Crippen molar-refractivity contribution in [1.82, 2.24) is 4.98 Å². The van der Waals surface area contributed by atoms with Crippen molar-refractivity contribution in [3.8, 4) is 0 Å². The molecule has 2 N–H and O–H groups in total. The van der Waals surface area contributed by atoms with Crippen LogP contribution in [-0.2, 0) is 19.1 Å². The normalized spacial score (nSPS) is 34.5. The third-order valence-corrected chi connectivity index (χ3v) is 7.78. The molecule has 0 unspecified atom stereocenters. The van der Waals surface area contributed by atoms with Gasteiger partial charge in [0.15, 0.2) is 0 Å². The predicted octanol–water partition coefficient (Wildman–Crippen LogP) is 3.84. The van der Waals surface area contributed by atoms with Gasteiger partial charge >= 0.3 is 5.97 Å². The van der Waals surface area contributed by atoms with Gasteiger partial charge in [0.1, 0.15) is 11.9 Å². The van der Waals surface area contributed by atoms with Gasteiger partial charge in [-0.2, -0.15) is 0 Å². The first kappa shape index (κ1) is 26.0. The number of hydrogen-bond donors (Lipinski definition) is 2. The third-order valence-electron chi connectivity index (χ3n) is 6.99. The fraction of sp³-hybridized carbons (Fsp3) is 0.720. The number of Topliss-reactive ketones (excluding diaryl/α,β-unsaturated/α-hetero) is 1. The second-order valence-electron chi connectivity index (χ2n) is 10.1. The first-order chi connectivity index (χ1) is 15.5. The van der Waals surface area contributed by atoms with Crippen LogP contribution in [0.5, 0.6) is 0 Å². The van der Waals surface area contributed by atoms with Gasteiger partial charge in [0.05, 0.1) is 47.0 Å².